The third-order valence-corrected chi connectivity index (χ3v) is 2.52. The molecular formula is C11H21N3O2. The normalized spacial score (nSPS) is 22.1. The fourth-order valence-corrected chi connectivity index (χ4v) is 1.76. The van der Waals surface area contributed by atoms with E-state index in [0.29, 0.717) is 6.54 Å². The lowest BCUT2D eigenvalue weighted by Crippen LogP contribution is -2.47. The summed E-state index contributed by atoms with van der Waals surface area (Å²) >= 11 is 0. The molecule has 2 amide bonds. The van der Waals surface area contributed by atoms with Crippen LogP contribution in [0.1, 0.15) is 27.2 Å². The third kappa shape index (κ3) is 3.81. The molecule has 0 aliphatic carbocycles. The Kier molecular flexibility index (Phi) is 4.73. The van der Waals surface area contributed by atoms with E-state index in [0.717, 1.165) is 13.0 Å². The molecular weight excluding hydrogens is 206 g/mol. The van der Waals surface area contributed by atoms with E-state index in [2.05, 4.69) is 10.6 Å². The molecule has 0 radical (unpaired) electrons. The molecule has 0 aromatic heterocycles. The van der Waals surface area contributed by atoms with Gasteiger partial charge >= 0.3 is 0 Å². The van der Waals surface area contributed by atoms with Crippen LogP contribution in [0, 0.1) is 0 Å². The Labute approximate surface area is 96.6 Å². The Morgan fingerprint density at radius 1 is 1.62 bits per heavy atom. The van der Waals surface area contributed by atoms with Crippen molar-refractivity contribution < 1.29 is 9.59 Å². The first-order valence-corrected chi connectivity index (χ1v) is 5.82. The average molecular weight is 227 g/mol. The smallest absolute Gasteiger partial charge is 0.239 e. The second kappa shape index (κ2) is 5.84. The van der Waals surface area contributed by atoms with Crippen LogP contribution in [0.25, 0.3) is 0 Å². The van der Waals surface area contributed by atoms with Gasteiger partial charge in [-0.05, 0) is 33.7 Å². The molecule has 1 unspecified atom stereocenters. The van der Waals surface area contributed by atoms with E-state index in [9.17, 15) is 9.59 Å². The zero-order valence-corrected chi connectivity index (χ0v) is 10.2. The summed E-state index contributed by atoms with van der Waals surface area (Å²) in [5, 5.41) is 5.91. The lowest BCUT2D eigenvalue weighted by molar-refractivity contribution is -0.136. The van der Waals surface area contributed by atoms with Crippen molar-refractivity contribution in [2.24, 2.45) is 0 Å². The monoisotopic (exact) mass is 227 g/mol. The number of carbonyl (C=O) groups is 2. The third-order valence-electron chi connectivity index (χ3n) is 2.52. The maximum Gasteiger partial charge on any atom is 0.239 e. The summed E-state index contributed by atoms with van der Waals surface area (Å²) in [7, 11) is 0. The van der Waals surface area contributed by atoms with Gasteiger partial charge in [-0.2, -0.15) is 0 Å². The highest BCUT2D eigenvalue weighted by Crippen LogP contribution is 2.01. The van der Waals surface area contributed by atoms with Crippen molar-refractivity contribution in [3.8, 4) is 0 Å². The Balaban J connectivity index is 2.50. The van der Waals surface area contributed by atoms with Gasteiger partial charge in [0.2, 0.25) is 11.8 Å². The first-order chi connectivity index (χ1) is 7.50. The predicted molar refractivity (Wildman–Crippen MR) is 61.9 cm³/mol. The molecule has 16 heavy (non-hydrogen) atoms. The first-order valence-electron chi connectivity index (χ1n) is 5.82. The summed E-state index contributed by atoms with van der Waals surface area (Å²) in [4.78, 5) is 25.0. The second-order valence-corrected chi connectivity index (χ2v) is 4.51. The topological polar surface area (TPSA) is 61.4 Å². The molecule has 92 valence electrons. The van der Waals surface area contributed by atoms with Gasteiger partial charge in [-0.3, -0.25) is 9.59 Å². The Bertz CT molecular complexity index is 266. The molecule has 0 saturated carbocycles. The highest BCUT2D eigenvalue weighted by molar-refractivity contribution is 5.87. The van der Waals surface area contributed by atoms with E-state index in [1.165, 1.54) is 0 Å². The van der Waals surface area contributed by atoms with Crippen molar-refractivity contribution in [3.63, 3.8) is 0 Å². The minimum atomic E-state index is -0.186. The molecule has 1 heterocycles. The summed E-state index contributed by atoms with van der Waals surface area (Å²) in [6.45, 7) is 7.31. The van der Waals surface area contributed by atoms with E-state index >= 15 is 0 Å². The van der Waals surface area contributed by atoms with Crippen molar-refractivity contribution in [2.75, 3.05) is 19.6 Å². The van der Waals surface area contributed by atoms with Gasteiger partial charge in [0.05, 0.1) is 12.6 Å². The lowest BCUT2D eigenvalue weighted by atomic mass is 10.3. The summed E-state index contributed by atoms with van der Waals surface area (Å²) in [6.07, 6.45) is 0.894. The molecule has 0 spiro atoms. The lowest BCUT2D eigenvalue weighted by Gasteiger charge is -2.22. The molecule has 0 aromatic carbocycles. The van der Waals surface area contributed by atoms with E-state index in [1.54, 1.807) is 4.90 Å². The van der Waals surface area contributed by atoms with Crippen molar-refractivity contribution >= 4 is 11.8 Å². The molecule has 1 aliphatic heterocycles. The Morgan fingerprint density at radius 3 is 2.94 bits per heavy atom. The molecule has 0 aromatic rings. The number of rotatable bonds is 3. The quantitative estimate of drug-likeness (QED) is 0.697. The summed E-state index contributed by atoms with van der Waals surface area (Å²) in [5.41, 5.74) is 0. The molecule has 1 fully saturated rings. The Morgan fingerprint density at radius 2 is 2.31 bits per heavy atom. The van der Waals surface area contributed by atoms with E-state index in [4.69, 9.17) is 0 Å². The molecule has 0 bridgehead atoms. The number of hydrogen-bond acceptors (Lipinski definition) is 3. The summed E-state index contributed by atoms with van der Waals surface area (Å²) in [5.74, 6) is -0.0751. The van der Waals surface area contributed by atoms with Gasteiger partial charge in [0, 0.05) is 12.6 Å². The minimum Gasteiger partial charge on any atom is -0.352 e. The van der Waals surface area contributed by atoms with Crippen molar-refractivity contribution in [3.05, 3.63) is 0 Å². The number of amides is 2. The van der Waals surface area contributed by atoms with Gasteiger partial charge in [0.25, 0.3) is 0 Å². The van der Waals surface area contributed by atoms with Crippen LogP contribution < -0.4 is 10.6 Å². The van der Waals surface area contributed by atoms with Crippen LogP contribution in [-0.4, -0.2) is 48.4 Å². The van der Waals surface area contributed by atoms with Crippen LogP contribution in [-0.2, 0) is 9.59 Å². The predicted octanol–water partition coefficient (Wildman–Crippen LogP) is -0.279. The van der Waals surface area contributed by atoms with Crippen LogP contribution >= 0.6 is 0 Å². The highest BCUT2D eigenvalue weighted by Gasteiger charge is 2.24. The first kappa shape index (κ1) is 13.0. The maximum atomic E-state index is 11.8. The fraction of sp³-hybridized carbons (Fsp3) is 0.818. The Hall–Kier alpha value is -1.10. The molecule has 1 aliphatic rings. The van der Waals surface area contributed by atoms with Crippen molar-refractivity contribution in [2.45, 2.75) is 39.3 Å². The van der Waals surface area contributed by atoms with Crippen molar-refractivity contribution in [1.82, 2.24) is 15.5 Å². The maximum absolute atomic E-state index is 11.8. The van der Waals surface area contributed by atoms with Gasteiger partial charge < -0.3 is 15.5 Å². The molecule has 1 saturated heterocycles. The highest BCUT2D eigenvalue weighted by atomic mass is 16.2. The average Bonchev–Trinajstić information content (AvgIpc) is 2.32. The van der Waals surface area contributed by atoms with Crippen LogP contribution in [0.4, 0.5) is 0 Å². The van der Waals surface area contributed by atoms with E-state index < -0.39 is 0 Å². The van der Waals surface area contributed by atoms with Crippen LogP contribution in [0.3, 0.4) is 0 Å². The molecule has 5 nitrogen and oxygen atoms in total. The molecule has 1 atom stereocenters. The standard InChI is InChI=1S/C11H21N3O2/c1-8(2)13-10(15)7-14-6-4-5-12-9(3)11(14)16/h8-9,12H,4-7H2,1-3H3,(H,13,15). The molecule has 2 N–H and O–H groups in total. The number of carbonyl (C=O) groups excluding carboxylic acids is 2. The zero-order chi connectivity index (χ0) is 12.1. The van der Waals surface area contributed by atoms with E-state index in [-0.39, 0.29) is 30.4 Å². The van der Waals surface area contributed by atoms with Crippen LogP contribution in [0.5, 0.6) is 0 Å². The number of nitrogens with one attached hydrogen (secondary N) is 2. The summed E-state index contributed by atoms with van der Waals surface area (Å²) < 4.78 is 0. The SMILES string of the molecule is CC(C)NC(=O)CN1CCCNC(C)C1=O. The molecule has 1 rings (SSSR count). The van der Waals surface area contributed by atoms with Gasteiger partial charge in [-0.1, -0.05) is 0 Å². The van der Waals surface area contributed by atoms with Crippen molar-refractivity contribution in [1.29, 1.82) is 0 Å². The van der Waals surface area contributed by atoms with Gasteiger partial charge in [0.1, 0.15) is 0 Å². The molecule has 5 heteroatoms. The zero-order valence-electron chi connectivity index (χ0n) is 10.2. The number of hydrogen-bond donors (Lipinski definition) is 2. The van der Waals surface area contributed by atoms with Gasteiger partial charge in [-0.15, -0.1) is 0 Å². The van der Waals surface area contributed by atoms with Crippen LogP contribution in [0.2, 0.25) is 0 Å². The fourth-order valence-electron chi connectivity index (χ4n) is 1.76. The van der Waals surface area contributed by atoms with Gasteiger partial charge in [0.15, 0.2) is 0 Å². The van der Waals surface area contributed by atoms with E-state index in [1.807, 2.05) is 20.8 Å². The largest absolute Gasteiger partial charge is 0.352 e. The summed E-state index contributed by atoms with van der Waals surface area (Å²) in [6, 6.07) is -0.0699. The van der Waals surface area contributed by atoms with Crippen LogP contribution in [0.15, 0.2) is 0 Å². The van der Waals surface area contributed by atoms with Gasteiger partial charge in [-0.25, -0.2) is 0 Å². The second-order valence-electron chi connectivity index (χ2n) is 4.51. The number of nitrogens with zero attached hydrogens (tertiary/aromatic N) is 1. The minimum absolute atomic E-state index is 0.0106.